The van der Waals surface area contributed by atoms with Crippen LogP contribution in [0.1, 0.15) is 5.56 Å². The molecule has 0 atom stereocenters. The molecule has 0 aliphatic heterocycles. The van der Waals surface area contributed by atoms with Gasteiger partial charge in [-0.25, -0.2) is 0 Å². The van der Waals surface area contributed by atoms with Crippen molar-refractivity contribution in [1.29, 1.82) is 0 Å². The number of halogens is 1. The molecule has 1 N–H and O–H groups in total. The second-order valence-electron chi connectivity index (χ2n) is 4.87. The van der Waals surface area contributed by atoms with Gasteiger partial charge in [-0.1, -0.05) is 35.9 Å². The first-order valence-corrected chi connectivity index (χ1v) is 7.52. The molecule has 24 heavy (non-hydrogen) atoms. The molecule has 3 aromatic rings. The van der Waals surface area contributed by atoms with Crippen LogP contribution in [0, 0.1) is 0 Å². The zero-order valence-electron chi connectivity index (χ0n) is 13.2. The van der Waals surface area contributed by atoms with Gasteiger partial charge in [0.2, 0.25) is 0 Å². The number of nitrogens with one attached hydrogen (secondary N) is 1. The molecule has 0 saturated heterocycles. The zero-order valence-corrected chi connectivity index (χ0v) is 13.9. The molecule has 0 saturated carbocycles. The smallest absolute Gasteiger partial charge is 0.176 e. The van der Waals surface area contributed by atoms with E-state index in [1.54, 1.807) is 20.4 Å². The van der Waals surface area contributed by atoms with Crippen LogP contribution in [0.5, 0.6) is 11.5 Å². The van der Waals surface area contributed by atoms with Crippen molar-refractivity contribution in [2.24, 2.45) is 5.10 Å². The number of nitrogens with zero attached hydrogens (tertiary/aromatic N) is 3. The Hall–Kier alpha value is -2.86. The molecule has 0 amide bonds. The van der Waals surface area contributed by atoms with E-state index in [0.29, 0.717) is 22.5 Å². The summed E-state index contributed by atoms with van der Waals surface area (Å²) in [6.45, 7) is 0. The summed E-state index contributed by atoms with van der Waals surface area (Å²) in [7, 11) is 3.18. The maximum absolute atomic E-state index is 6.06. The Bertz CT molecular complexity index is 899. The van der Waals surface area contributed by atoms with Gasteiger partial charge >= 0.3 is 0 Å². The lowest BCUT2D eigenvalue weighted by Crippen LogP contribution is -1.98. The third-order valence-corrected chi connectivity index (χ3v) is 3.71. The highest BCUT2D eigenvalue weighted by Gasteiger charge is 2.06. The molecule has 0 aliphatic carbocycles. The van der Waals surface area contributed by atoms with Crippen molar-refractivity contribution in [1.82, 2.24) is 10.2 Å². The molecule has 0 aliphatic rings. The Morgan fingerprint density at radius 1 is 1.00 bits per heavy atom. The monoisotopic (exact) mass is 342 g/mol. The van der Waals surface area contributed by atoms with Crippen molar-refractivity contribution in [2.75, 3.05) is 19.6 Å². The van der Waals surface area contributed by atoms with E-state index in [2.05, 4.69) is 20.7 Å². The van der Waals surface area contributed by atoms with Gasteiger partial charge in [-0.05, 0) is 23.8 Å². The van der Waals surface area contributed by atoms with Crippen LogP contribution in [-0.2, 0) is 0 Å². The molecular formula is C17H15ClN4O2. The number of ether oxygens (including phenoxy) is 2. The van der Waals surface area contributed by atoms with Gasteiger partial charge in [-0.15, -0.1) is 10.2 Å². The molecule has 3 rings (SSSR count). The van der Waals surface area contributed by atoms with Crippen LogP contribution in [0.25, 0.3) is 10.8 Å². The van der Waals surface area contributed by atoms with Gasteiger partial charge in [0.25, 0.3) is 0 Å². The summed E-state index contributed by atoms with van der Waals surface area (Å²) in [6, 6.07) is 13.1. The summed E-state index contributed by atoms with van der Waals surface area (Å²) >= 11 is 6.06. The third-order valence-electron chi connectivity index (χ3n) is 3.43. The predicted octanol–water partition coefficient (Wildman–Crippen LogP) is 3.75. The molecule has 2 aromatic carbocycles. The topological polar surface area (TPSA) is 68.6 Å². The van der Waals surface area contributed by atoms with Gasteiger partial charge in [0.15, 0.2) is 22.5 Å². The van der Waals surface area contributed by atoms with Crippen LogP contribution in [0.2, 0.25) is 5.15 Å². The molecule has 0 radical (unpaired) electrons. The second kappa shape index (κ2) is 7.14. The Morgan fingerprint density at radius 3 is 2.50 bits per heavy atom. The lowest BCUT2D eigenvalue weighted by molar-refractivity contribution is 0.355. The van der Waals surface area contributed by atoms with Gasteiger partial charge < -0.3 is 9.47 Å². The number of benzene rings is 2. The van der Waals surface area contributed by atoms with Crippen LogP contribution in [-0.4, -0.2) is 30.6 Å². The van der Waals surface area contributed by atoms with Gasteiger partial charge in [-0.3, -0.25) is 5.43 Å². The zero-order chi connectivity index (χ0) is 16.9. The third kappa shape index (κ3) is 3.23. The highest BCUT2D eigenvalue weighted by Crippen LogP contribution is 2.27. The van der Waals surface area contributed by atoms with E-state index in [-0.39, 0.29) is 0 Å². The summed E-state index contributed by atoms with van der Waals surface area (Å²) < 4.78 is 10.5. The van der Waals surface area contributed by atoms with Crippen molar-refractivity contribution < 1.29 is 9.47 Å². The minimum Gasteiger partial charge on any atom is -0.493 e. The fourth-order valence-electron chi connectivity index (χ4n) is 2.25. The van der Waals surface area contributed by atoms with Crippen LogP contribution in [0.3, 0.4) is 0 Å². The maximum atomic E-state index is 6.06. The summed E-state index contributed by atoms with van der Waals surface area (Å²) in [6.07, 6.45) is 1.66. The van der Waals surface area contributed by atoms with Gasteiger partial charge in [0.1, 0.15) is 0 Å². The minimum absolute atomic E-state index is 0.361. The number of hydrogen-bond donors (Lipinski definition) is 1. The van der Waals surface area contributed by atoms with E-state index in [1.165, 1.54) is 0 Å². The number of anilines is 1. The van der Waals surface area contributed by atoms with Crippen LogP contribution < -0.4 is 14.9 Å². The van der Waals surface area contributed by atoms with E-state index in [1.807, 2.05) is 42.5 Å². The first-order chi connectivity index (χ1) is 11.7. The molecule has 122 valence electrons. The van der Waals surface area contributed by atoms with Gasteiger partial charge in [0.05, 0.1) is 20.4 Å². The van der Waals surface area contributed by atoms with E-state index in [4.69, 9.17) is 21.1 Å². The fourth-order valence-corrected chi connectivity index (χ4v) is 2.46. The molecule has 0 spiro atoms. The average Bonchev–Trinajstić information content (AvgIpc) is 2.63. The van der Waals surface area contributed by atoms with E-state index in [9.17, 15) is 0 Å². The Morgan fingerprint density at radius 2 is 1.75 bits per heavy atom. The minimum atomic E-state index is 0.361. The quantitative estimate of drug-likeness (QED) is 0.565. The fraction of sp³-hybridized carbons (Fsp3) is 0.118. The van der Waals surface area contributed by atoms with Crippen LogP contribution >= 0.6 is 11.6 Å². The van der Waals surface area contributed by atoms with Crippen molar-refractivity contribution in [3.05, 3.63) is 53.2 Å². The summed E-state index contributed by atoms with van der Waals surface area (Å²) in [5.74, 6) is 1.84. The van der Waals surface area contributed by atoms with Crippen molar-refractivity contribution in [3.8, 4) is 11.5 Å². The van der Waals surface area contributed by atoms with Gasteiger partial charge in [0, 0.05) is 10.8 Å². The molecule has 0 fully saturated rings. The lowest BCUT2D eigenvalue weighted by Gasteiger charge is -2.07. The summed E-state index contributed by atoms with van der Waals surface area (Å²) in [5, 5.41) is 14.2. The Balaban J connectivity index is 1.84. The molecule has 0 unspecified atom stereocenters. The standard InChI is InChI=1S/C17H15ClN4O2/c1-23-14-8-7-11(9-15(14)24-2)10-19-21-17-13-6-4-3-5-12(13)16(18)20-22-17/h3-10H,1-2H3,(H,21,22). The van der Waals surface area contributed by atoms with E-state index >= 15 is 0 Å². The largest absolute Gasteiger partial charge is 0.493 e. The van der Waals surface area contributed by atoms with Crippen LogP contribution in [0.4, 0.5) is 5.82 Å². The SMILES string of the molecule is COc1ccc(C=NNc2nnc(Cl)c3ccccc23)cc1OC. The first-order valence-electron chi connectivity index (χ1n) is 7.15. The normalized spacial score (nSPS) is 11.0. The number of fused-ring (bicyclic) bond motifs is 1. The van der Waals surface area contributed by atoms with Gasteiger partial charge in [-0.2, -0.15) is 5.10 Å². The van der Waals surface area contributed by atoms with E-state index < -0.39 is 0 Å². The molecule has 6 nitrogen and oxygen atoms in total. The molecule has 1 heterocycles. The van der Waals surface area contributed by atoms with Crippen molar-refractivity contribution >= 4 is 34.4 Å². The second-order valence-corrected chi connectivity index (χ2v) is 5.23. The van der Waals surface area contributed by atoms with E-state index in [0.717, 1.165) is 16.3 Å². The van der Waals surface area contributed by atoms with Crippen molar-refractivity contribution in [3.63, 3.8) is 0 Å². The molecule has 7 heteroatoms. The lowest BCUT2D eigenvalue weighted by atomic mass is 10.2. The summed E-state index contributed by atoms with van der Waals surface area (Å²) in [4.78, 5) is 0. The maximum Gasteiger partial charge on any atom is 0.176 e. The predicted molar refractivity (Wildman–Crippen MR) is 95.3 cm³/mol. The number of hydrazone groups is 1. The number of rotatable bonds is 5. The Kier molecular flexibility index (Phi) is 4.77. The first kappa shape index (κ1) is 16.0. The van der Waals surface area contributed by atoms with Crippen LogP contribution in [0.15, 0.2) is 47.6 Å². The summed E-state index contributed by atoms with van der Waals surface area (Å²) in [5.41, 5.74) is 3.75. The number of hydrogen-bond acceptors (Lipinski definition) is 6. The number of aromatic nitrogens is 2. The van der Waals surface area contributed by atoms with Crippen molar-refractivity contribution in [2.45, 2.75) is 0 Å². The highest BCUT2D eigenvalue weighted by molar-refractivity contribution is 6.34. The average molecular weight is 343 g/mol. The molecule has 1 aromatic heterocycles. The number of methoxy groups -OCH3 is 2. The molecule has 0 bridgehead atoms. The highest BCUT2D eigenvalue weighted by atomic mass is 35.5. The molecular weight excluding hydrogens is 328 g/mol. The Labute approximate surface area is 144 Å².